The van der Waals surface area contributed by atoms with Crippen LogP contribution >= 0.6 is 11.6 Å². The second-order valence-corrected chi connectivity index (χ2v) is 7.06. The first-order valence-electron chi connectivity index (χ1n) is 9.16. The highest BCUT2D eigenvalue weighted by molar-refractivity contribution is 6.31. The van der Waals surface area contributed by atoms with Gasteiger partial charge in [-0.05, 0) is 43.0 Å². The van der Waals surface area contributed by atoms with Crippen LogP contribution in [0.15, 0.2) is 29.4 Å². The molecule has 0 aliphatic carbocycles. The third-order valence-corrected chi connectivity index (χ3v) is 5.14. The summed E-state index contributed by atoms with van der Waals surface area (Å²) >= 11 is 6.11. The number of hydrogen-bond donors (Lipinski definition) is 3. The Balaban J connectivity index is 1.47. The van der Waals surface area contributed by atoms with E-state index in [0.29, 0.717) is 19.1 Å². The summed E-state index contributed by atoms with van der Waals surface area (Å²) in [5, 5.41) is 8.70. The summed E-state index contributed by atoms with van der Waals surface area (Å²) in [7, 11) is 3.18. The maximum Gasteiger partial charge on any atom is 0.409 e. The highest BCUT2D eigenvalue weighted by atomic mass is 35.5. The van der Waals surface area contributed by atoms with Crippen LogP contribution in [0, 0.1) is 0 Å². The normalized spacial score (nSPS) is 15.8. The predicted octanol–water partition coefficient (Wildman–Crippen LogP) is 2.76. The number of ether oxygens (including phenoxy) is 1. The van der Waals surface area contributed by atoms with E-state index < -0.39 is 0 Å². The Morgan fingerprint density at radius 3 is 2.89 bits per heavy atom. The number of likely N-dealkylation sites (tertiary alicyclic amines) is 1. The lowest BCUT2D eigenvalue weighted by atomic mass is 10.1. The molecule has 146 valence electrons. The number of carbonyl (C=O) groups is 1. The van der Waals surface area contributed by atoms with Gasteiger partial charge in [-0.25, -0.2) is 4.79 Å². The topological polar surface area (TPSA) is 81.8 Å². The van der Waals surface area contributed by atoms with Crippen LogP contribution in [0.5, 0.6) is 0 Å². The molecule has 0 bridgehead atoms. The van der Waals surface area contributed by atoms with Gasteiger partial charge >= 0.3 is 6.09 Å². The van der Waals surface area contributed by atoms with Crippen molar-refractivity contribution >= 4 is 34.6 Å². The van der Waals surface area contributed by atoms with E-state index in [2.05, 4.69) is 20.6 Å². The molecule has 1 saturated heterocycles. The number of H-pyrrole nitrogens is 1. The summed E-state index contributed by atoms with van der Waals surface area (Å²) < 4.78 is 4.77. The lowest BCUT2D eigenvalue weighted by Gasteiger charge is -2.32. The number of rotatable bonds is 4. The van der Waals surface area contributed by atoms with Crippen LogP contribution < -0.4 is 10.6 Å². The van der Waals surface area contributed by atoms with Crippen molar-refractivity contribution in [3.63, 3.8) is 0 Å². The quantitative estimate of drug-likeness (QED) is 0.553. The zero-order valence-electron chi connectivity index (χ0n) is 15.7. The average Bonchev–Trinajstić information content (AvgIpc) is 3.09. The molecule has 8 heteroatoms. The second-order valence-electron chi connectivity index (χ2n) is 6.63. The van der Waals surface area contributed by atoms with Crippen LogP contribution in [-0.4, -0.2) is 61.8 Å². The van der Waals surface area contributed by atoms with E-state index in [-0.39, 0.29) is 6.09 Å². The first kappa shape index (κ1) is 19.4. The standard InChI is InChI=1S/C19H26ClN5O2/c1-21-18(24-15-6-9-25(10-7-15)19(26)27-2)22-8-5-13-12-23-17-4-3-14(20)11-16(13)17/h3-4,11-12,15,23H,5-10H2,1-2H3,(H2,21,22,24). The molecule has 27 heavy (non-hydrogen) atoms. The first-order chi connectivity index (χ1) is 13.1. The molecule has 1 amide bonds. The number of nitrogens with zero attached hydrogens (tertiary/aromatic N) is 2. The van der Waals surface area contributed by atoms with Crippen LogP contribution in [-0.2, 0) is 11.2 Å². The van der Waals surface area contributed by atoms with Gasteiger partial charge < -0.3 is 25.3 Å². The van der Waals surface area contributed by atoms with Crippen molar-refractivity contribution in [2.24, 2.45) is 4.99 Å². The zero-order valence-corrected chi connectivity index (χ0v) is 16.5. The molecule has 3 N–H and O–H groups in total. The lowest BCUT2D eigenvalue weighted by molar-refractivity contribution is 0.111. The molecular weight excluding hydrogens is 366 g/mol. The second kappa shape index (κ2) is 8.99. The number of piperidine rings is 1. The Labute approximate surface area is 164 Å². The van der Waals surface area contributed by atoms with Gasteiger partial charge in [0.25, 0.3) is 0 Å². The summed E-state index contributed by atoms with van der Waals surface area (Å²) in [5.41, 5.74) is 2.32. The number of nitrogens with one attached hydrogen (secondary N) is 3. The molecule has 1 aliphatic heterocycles. The molecular formula is C19H26ClN5O2. The fraction of sp³-hybridized carbons (Fsp3) is 0.474. The molecule has 0 radical (unpaired) electrons. The number of aromatic amines is 1. The zero-order chi connectivity index (χ0) is 19.2. The van der Waals surface area contributed by atoms with Gasteiger partial charge in [0.05, 0.1) is 7.11 Å². The van der Waals surface area contributed by atoms with Gasteiger partial charge in [0.1, 0.15) is 0 Å². The number of aliphatic imine (C=N–C) groups is 1. The maximum atomic E-state index is 11.6. The van der Waals surface area contributed by atoms with E-state index in [4.69, 9.17) is 16.3 Å². The monoisotopic (exact) mass is 391 g/mol. The fourth-order valence-corrected chi connectivity index (χ4v) is 3.57. The highest BCUT2D eigenvalue weighted by Crippen LogP contribution is 2.22. The molecule has 3 rings (SSSR count). The number of aromatic nitrogens is 1. The number of amides is 1. The Bertz CT molecular complexity index is 812. The predicted molar refractivity (Wildman–Crippen MR) is 109 cm³/mol. The SMILES string of the molecule is CN=C(NCCc1c[nH]c2ccc(Cl)cc12)NC1CCN(C(=O)OC)CC1. The summed E-state index contributed by atoms with van der Waals surface area (Å²) in [6.07, 6.45) is 4.38. The van der Waals surface area contributed by atoms with Crippen molar-refractivity contribution in [3.05, 3.63) is 35.0 Å². The van der Waals surface area contributed by atoms with Gasteiger partial charge in [0, 0.05) is 54.8 Å². The minimum Gasteiger partial charge on any atom is -0.453 e. The van der Waals surface area contributed by atoms with Gasteiger partial charge in [0.2, 0.25) is 0 Å². The van der Waals surface area contributed by atoms with E-state index in [9.17, 15) is 4.79 Å². The van der Waals surface area contributed by atoms with Crippen molar-refractivity contribution in [3.8, 4) is 0 Å². The van der Waals surface area contributed by atoms with Gasteiger partial charge in [-0.1, -0.05) is 11.6 Å². The number of halogens is 1. The molecule has 0 saturated carbocycles. The number of guanidine groups is 1. The van der Waals surface area contributed by atoms with Crippen LogP contribution in [0.3, 0.4) is 0 Å². The third kappa shape index (κ3) is 4.86. The van der Waals surface area contributed by atoms with E-state index in [1.807, 2.05) is 24.4 Å². The number of benzene rings is 1. The maximum absolute atomic E-state index is 11.6. The molecule has 0 spiro atoms. The molecule has 0 atom stereocenters. The molecule has 1 aliphatic rings. The largest absolute Gasteiger partial charge is 0.453 e. The number of carbonyl (C=O) groups excluding carboxylic acids is 1. The number of hydrogen-bond acceptors (Lipinski definition) is 3. The smallest absolute Gasteiger partial charge is 0.409 e. The fourth-order valence-electron chi connectivity index (χ4n) is 3.40. The Hall–Kier alpha value is -2.41. The van der Waals surface area contributed by atoms with Crippen molar-refractivity contribution in [2.45, 2.75) is 25.3 Å². The van der Waals surface area contributed by atoms with Crippen LogP contribution in [0.1, 0.15) is 18.4 Å². The molecule has 2 aromatic rings. The van der Waals surface area contributed by atoms with Crippen LogP contribution in [0.4, 0.5) is 4.79 Å². The van der Waals surface area contributed by atoms with Crippen LogP contribution in [0.2, 0.25) is 5.02 Å². The molecule has 1 fully saturated rings. The van der Waals surface area contributed by atoms with E-state index in [0.717, 1.165) is 47.7 Å². The van der Waals surface area contributed by atoms with E-state index in [1.165, 1.54) is 12.7 Å². The highest BCUT2D eigenvalue weighted by Gasteiger charge is 2.23. The molecule has 1 aromatic carbocycles. The van der Waals surface area contributed by atoms with Gasteiger partial charge in [-0.15, -0.1) is 0 Å². The van der Waals surface area contributed by atoms with Crippen molar-refractivity contribution in [2.75, 3.05) is 33.8 Å². The first-order valence-corrected chi connectivity index (χ1v) is 9.54. The van der Waals surface area contributed by atoms with Crippen LogP contribution in [0.25, 0.3) is 10.9 Å². The number of fused-ring (bicyclic) bond motifs is 1. The van der Waals surface area contributed by atoms with Gasteiger partial charge in [0.15, 0.2) is 5.96 Å². The van der Waals surface area contributed by atoms with Gasteiger partial charge in [-0.3, -0.25) is 4.99 Å². The van der Waals surface area contributed by atoms with E-state index >= 15 is 0 Å². The minimum absolute atomic E-state index is 0.255. The van der Waals surface area contributed by atoms with Crippen molar-refractivity contribution < 1.29 is 9.53 Å². The summed E-state index contributed by atoms with van der Waals surface area (Å²) in [4.78, 5) is 20.9. The Kier molecular flexibility index (Phi) is 6.45. The third-order valence-electron chi connectivity index (χ3n) is 4.91. The van der Waals surface area contributed by atoms with Crippen molar-refractivity contribution in [1.82, 2.24) is 20.5 Å². The molecule has 0 unspecified atom stereocenters. The lowest BCUT2D eigenvalue weighted by Crippen LogP contribution is -2.50. The molecule has 2 heterocycles. The average molecular weight is 392 g/mol. The van der Waals surface area contributed by atoms with E-state index in [1.54, 1.807) is 11.9 Å². The summed E-state index contributed by atoms with van der Waals surface area (Å²) in [5.74, 6) is 0.782. The van der Waals surface area contributed by atoms with Crippen molar-refractivity contribution in [1.29, 1.82) is 0 Å². The Morgan fingerprint density at radius 2 is 2.19 bits per heavy atom. The molecule has 7 nitrogen and oxygen atoms in total. The number of methoxy groups -OCH3 is 1. The summed E-state index contributed by atoms with van der Waals surface area (Å²) in [6.45, 7) is 2.15. The minimum atomic E-state index is -0.255. The Morgan fingerprint density at radius 1 is 1.41 bits per heavy atom. The molecule has 1 aromatic heterocycles. The summed E-state index contributed by atoms with van der Waals surface area (Å²) in [6, 6.07) is 6.17. The van der Waals surface area contributed by atoms with Gasteiger partial charge in [-0.2, -0.15) is 0 Å².